The van der Waals surface area contributed by atoms with E-state index < -0.39 is 51.7 Å². The van der Waals surface area contributed by atoms with E-state index in [1.165, 1.54) is 48.5 Å². The normalized spacial score (nSPS) is 15.1. The number of halogens is 2. The zero-order valence-electron chi connectivity index (χ0n) is 19.7. The van der Waals surface area contributed by atoms with Crippen molar-refractivity contribution < 1.29 is 32.3 Å². The zero-order valence-corrected chi connectivity index (χ0v) is 21.3. The Balaban J connectivity index is 1.56. The van der Waals surface area contributed by atoms with Crippen LogP contribution in [0.3, 0.4) is 0 Å². The Morgan fingerprint density at radius 1 is 1.05 bits per heavy atom. The Hall–Kier alpha value is -4.29. The first-order valence-electron chi connectivity index (χ1n) is 11.0. The molecule has 3 N–H and O–H groups in total. The molecule has 38 heavy (non-hydrogen) atoms. The van der Waals surface area contributed by atoms with Gasteiger partial charge in [-0.05, 0) is 48.0 Å². The third-order valence-corrected chi connectivity index (χ3v) is 6.99. The minimum absolute atomic E-state index is 0.0165. The molecule has 1 unspecified atom stereocenters. The van der Waals surface area contributed by atoms with Crippen LogP contribution in [0.4, 0.5) is 20.6 Å². The number of hydrazone groups is 1. The van der Waals surface area contributed by atoms with Crippen LogP contribution in [0.5, 0.6) is 0 Å². The van der Waals surface area contributed by atoms with Gasteiger partial charge in [-0.1, -0.05) is 35.9 Å². The fraction of sp³-hybridized carbons (Fsp3) is 0.120. The molecule has 1 aliphatic heterocycles. The number of benzene rings is 3. The van der Waals surface area contributed by atoms with Crippen LogP contribution in [-0.2, 0) is 19.4 Å². The molecule has 1 aliphatic rings. The molecule has 0 bridgehead atoms. The van der Waals surface area contributed by atoms with Crippen molar-refractivity contribution in [2.45, 2.75) is 17.4 Å². The van der Waals surface area contributed by atoms with Gasteiger partial charge < -0.3 is 15.7 Å². The van der Waals surface area contributed by atoms with Gasteiger partial charge in [0.1, 0.15) is 17.6 Å². The number of urea groups is 1. The molecule has 10 nitrogen and oxygen atoms in total. The number of nitrogens with one attached hydrogen (secondary N) is 2. The predicted molar refractivity (Wildman–Crippen MR) is 139 cm³/mol. The predicted octanol–water partition coefficient (Wildman–Crippen LogP) is 4.24. The van der Waals surface area contributed by atoms with Crippen LogP contribution in [0.15, 0.2) is 76.7 Å². The second kappa shape index (κ2) is 10.6. The average Bonchev–Trinajstić information content (AvgIpc) is 3.32. The van der Waals surface area contributed by atoms with Crippen molar-refractivity contribution in [3.05, 3.63) is 77.6 Å². The number of carbonyl (C=O) groups excluding carboxylic acids is 2. The molecule has 0 aromatic heterocycles. The summed E-state index contributed by atoms with van der Waals surface area (Å²) in [5, 5.41) is 19.1. The molecule has 0 fully saturated rings. The van der Waals surface area contributed by atoms with Crippen LogP contribution in [0.2, 0.25) is 5.02 Å². The van der Waals surface area contributed by atoms with Crippen molar-refractivity contribution in [2.75, 3.05) is 16.9 Å². The Labute approximate surface area is 221 Å². The van der Waals surface area contributed by atoms with E-state index in [0.29, 0.717) is 15.7 Å². The maximum absolute atomic E-state index is 15.0. The number of carboxylic acid groups (broad SMARTS) is 1. The lowest BCUT2D eigenvalue weighted by molar-refractivity contribution is -0.129. The largest absolute Gasteiger partial charge is 0.477 e. The SMILES string of the molecule is CS(=O)(=O)c1ccccc1-c1ccc(NC(=O)C2CC(C(=O)O)=NN2C(=O)Nc2ccc(Cl)cc2)c(F)c1. The summed E-state index contributed by atoms with van der Waals surface area (Å²) in [5.74, 6) is -3.15. The van der Waals surface area contributed by atoms with E-state index in [1.807, 2.05) is 0 Å². The van der Waals surface area contributed by atoms with E-state index >= 15 is 4.39 Å². The summed E-state index contributed by atoms with van der Waals surface area (Å²) in [6, 6.07) is 13.7. The van der Waals surface area contributed by atoms with Crippen LogP contribution in [0, 0.1) is 5.82 Å². The number of rotatable bonds is 6. The number of carboxylic acids is 1. The van der Waals surface area contributed by atoms with E-state index in [4.69, 9.17) is 11.6 Å². The molecule has 0 aliphatic carbocycles. The second-order valence-electron chi connectivity index (χ2n) is 8.31. The number of amides is 3. The second-order valence-corrected chi connectivity index (χ2v) is 10.7. The highest BCUT2D eigenvalue weighted by atomic mass is 35.5. The van der Waals surface area contributed by atoms with Gasteiger partial charge in [0.05, 0.1) is 10.6 Å². The van der Waals surface area contributed by atoms with E-state index in [0.717, 1.165) is 12.3 Å². The molecule has 0 spiro atoms. The van der Waals surface area contributed by atoms with Crippen molar-refractivity contribution in [1.29, 1.82) is 0 Å². The molecule has 0 saturated carbocycles. The lowest BCUT2D eigenvalue weighted by Gasteiger charge is -2.21. The molecule has 196 valence electrons. The summed E-state index contributed by atoms with van der Waals surface area (Å²) < 4.78 is 39.2. The van der Waals surface area contributed by atoms with Gasteiger partial charge in [-0.15, -0.1) is 0 Å². The van der Waals surface area contributed by atoms with Crippen molar-refractivity contribution in [2.24, 2.45) is 5.10 Å². The number of hydrogen-bond acceptors (Lipinski definition) is 6. The van der Waals surface area contributed by atoms with Crippen LogP contribution < -0.4 is 10.6 Å². The summed E-state index contributed by atoms with van der Waals surface area (Å²) in [4.78, 5) is 37.3. The van der Waals surface area contributed by atoms with Crippen molar-refractivity contribution in [3.63, 3.8) is 0 Å². The number of nitrogens with zero attached hydrogens (tertiary/aromatic N) is 2. The maximum atomic E-state index is 15.0. The standard InChI is InChI=1S/C25H20ClFN4O6S/c1-38(36,37)22-5-3-2-4-17(22)14-6-11-19(18(27)12-14)29-23(32)21-13-20(24(33)34)30-31(21)25(35)28-16-9-7-15(26)8-10-16/h2-12,21H,13H2,1H3,(H,28,35)(H,29,32)(H,33,34). The van der Waals surface area contributed by atoms with Gasteiger partial charge in [-0.3, -0.25) is 4.79 Å². The van der Waals surface area contributed by atoms with E-state index in [1.54, 1.807) is 12.1 Å². The fourth-order valence-corrected chi connectivity index (χ4v) is 4.81. The van der Waals surface area contributed by atoms with E-state index in [2.05, 4.69) is 15.7 Å². The van der Waals surface area contributed by atoms with Gasteiger partial charge in [0.2, 0.25) is 5.91 Å². The number of aliphatic carboxylic acids is 1. The molecule has 3 aromatic carbocycles. The molecule has 3 aromatic rings. The molecule has 4 rings (SSSR count). The van der Waals surface area contributed by atoms with Crippen LogP contribution >= 0.6 is 11.6 Å². The topological polar surface area (TPSA) is 145 Å². The molecule has 13 heteroatoms. The Morgan fingerprint density at radius 2 is 1.74 bits per heavy atom. The Morgan fingerprint density at radius 3 is 2.37 bits per heavy atom. The smallest absolute Gasteiger partial charge is 0.352 e. The van der Waals surface area contributed by atoms with Crippen LogP contribution in [0.1, 0.15) is 6.42 Å². The van der Waals surface area contributed by atoms with E-state index in [9.17, 15) is 27.9 Å². The molecular formula is C25H20ClFN4O6S. The Kier molecular flexibility index (Phi) is 7.46. The van der Waals surface area contributed by atoms with E-state index in [-0.39, 0.29) is 21.7 Å². The molecule has 1 atom stereocenters. The van der Waals surface area contributed by atoms with Gasteiger partial charge in [0.25, 0.3) is 0 Å². The first kappa shape index (κ1) is 26.8. The molecule has 0 saturated heterocycles. The summed E-state index contributed by atoms with van der Waals surface area (Å²) in [6.07, 6.45) is 0.636. The third kappa shape index (κ3) is 5.82. The summed E-state index contributed by atoms with van der Waals surface area (Å²) in [7, 11) is -3.59. The number of sulfone groups is 1. The highest BCUT2D eigenvalue weighted by Crippen LogP contribution is 2.30. The monoisotopic (exact) mass is 558 g/mol. The lowest BCUT2D eigenvalue weighted by Crippen LogP contribution is -2.43. The number of anilines is 2. The fourth-order valence-electron chi connectivity index (χ4n) is 3.77. The molecule has 3 amide bonds. The minimum atomic E-state index is -3.59. The van der Waals surface area contributed by atoms with Gasteiger partial charge in [-0.25, -0.2) is 27.4 Å². The first-order valence-corrected chi connectivity index (χ1v) is 13.3. The van der Waals surface area contributed by atoms with Crippen molar-refractivity contribution in [1.82, 2.24) is 5.01 Å². The lowest BCUT2D eigenvalue weighted by atomic mass is 10.0. The van der Waals surface area contributed by atoms with Crippen LogP contribution in [0.25, 0.3) is 11.1 Å². The summed E-state index contributed by atoms with van der Waals surface area (Å²) >= 11 is 5.84. The number of carbonyl (C=O) groups is 3. The third-order valence-electron chi connectivity index (χ3n) is 5.59. The Bertz CT molecular complexity index is 1580. The van der Waals surface area contributed by atoms with Gasteiger partial charge >= 0.3 is 12.0 Å². The average molecular weight is 559 g/mol. The summed E-state index contributed by atoms with van der Waals surface area (Å²) in [5.41, 5.74) is 0.200. The summed E-state index contributed by atoms with van der Waals surface area (Å²) in [6.45, 7) is 0. The number of hydrogen-bond donors (Lipinski definition) is 3. The zero-order chi connectivity index (χ0) is 27.6. The van der Waals surface area contributed by atoms with Gasteiger partial charge in [0.15, 0.2) is 9.84 Å². The van der Waals surface area contributed by atoms with Crippen LogP contribution in [-0.4, -0.2) is 54.5 Å². The highest BCUT2D eigenvalue weighted by molar-refractivity contribution is 7.90. The van der Waals surface area contributed by atoms with Crippen molar-refractivity contribution in [3.8, 4) is 11.1 Å². The molecule has 1 heterocycles. The first-order chi connectivity index (χ1) is 17.9. The highest BCUT2D eigenvalue weighted by Gasteiger charge is 2.39. The maximum Gasteiger partial charge on any atom is 0.352 e. The quantitative estimate of drug-likeness (QED) is 0.413. The molecular weight excluding hydrogens is 539 g/mol. The molecule has 0 radical (unpaired) electrons. The van der Waals surface area contributed by atoms with Crippen molar-refractivity contribution >= 4 is 56.4 Å². The minimum Gasteiger partial charge on any atom is -0.477 e. The van der Waals surface area contributed by atoms with Gasteiger partial charge in [0, 0.05) is 29.0 Å². The van der Waals surface area contributed by atoms with Gasteiger partial charge in [-0.2, -0.15) is 5.10 Å².